The number of nitrogens with zero attached hydrogens (tertiary/aromatic N) is 1. The van der Waals surface area contributed by atoms with Crippen LogP contribution in [-0.2, 0) is 14.8 Å². The van der Waals surface area contributed by atoms with Crippen LogP contribution in [0.3, 0.4) is 0 Å². The van der Waals surface area contributed by atoms with Gasteiger partial charge >= 0.3 is 0 Å². The van der Waals surface area contributed by atoms with E-state index in [2.05, 4.69) is 15.0 Å². The van der Waals surface area contributed by atoms with E-state index in [1.54, 1.807) is 18.3 Å². The predicted octanol–water partition coefficient (Wildman–Crippen LogP) is 1.23. The van der Waals surface area contributed by atoms with Gasteiger partial charge in [0.05, 0.1) is 29.2 Å². The molecule has 1 aliphatic heterocycles. The summed E-state index contributed by atoms with van der Waals surface area (Å²) in [6.45, 7) is -0.134. The summed E-state index contributed by atoms with van der Waals surface area (Å²) >= 11 is 0. The lowest BCUT2D eigenvalue weighted by atomic mass is 9.97. The molecule has 8 nitrogen and oxygen atoms in total. The molecule has 3 atom stereocenters. The van der Waals surface area contributed by atoms with Gasteiger partial charge in [0.25, 0.3) is 5.91 Å². The van der Waals surface area contributed by atoms with Crippen molar-refractivity contribution in [3.05, 3.63) is 60.2 Å². The number of sulfonamides is 1. The third-order valence-electron chi connectivity index (χ3n) is 4.92. The molecule has 1 aliphatic rings. The topological polar surface area (TPSA) is 118 Å². The number of hydrogen-bond acceptors (Lipinski definition) is 6. The predicted molar refractivity (Wildman–Crippen MR) is 107 cm³/mol. The zero-order valence-electron chi connectivity index (χ0n) is 16.2. The summed E-state index contributed by atoms with van der Waals surface area (Å²) in [5, 5.41) is 12.5. The number of hydrogen-bond donors (Lipinski definition) is 3. The normalized spacial score (nSPS) is 21.9. The van der Waals surface area contributed by atoms with Crippen molar-refractivity contribution in [1.29, 1.82) is 0 Å². The minimum absolute atomic E-state index is 0.0140. The summed E-state index contributed by atoms with van der Waals surface area (Å²) in [6.07, 6.45) is 3.79. The summed E-state index contributed by atoms with van der Waals surface area (Å²) in [6, 6.07) is 7.54. The Morgan fingerprint density at radius 3 is 2.67 bits per heavy atom. The van der Waals surface area contributed by atoms with E-state index in [0.29, 0.717) is 24.8 Å². The van der Waals surface area contributed by atoms with Gasteiger partial charge in [0.1, 0.15) is 11.9 Å². The van der Waals surface area contributed by atoms with Gasteiger partial charge in [0, 0.05) is 18.9 Å². The van der Waals surface area contributed by atoms with Crippen molar-refractivity contribution < 1.29 is 27.4 Å². The molecular formula is C20H24FN3O5S. The molecule has 1 saturated heterocycles. The van der Waals surface area contributed by atoms with Crippen LogP contribution in [0, 0.1) is 5.82 Å². The zero-order valence-corrected chi connectivity index (χ0v) is 17.0. The molecule has 162 valence electrons. The minimum atomic E-state index is -3.74. The summed E-state index contributed by atoms with van der Waals surface area (Å²) in [7, 11) is -3.74. The van der Waals surface area contributed by atoms with E-state index in [1.807, 2.05) is 0 Å². The third kappa shape index (κ3) is 5.82. The number of aliphatic hydroxyl groups is 1. The molecule has 3 rings (SSSR count). The van der Waals surface area contributed by atoms with Gasteiger partial charge in [-0.05, 0) is 55.7 Å². The van der Waals surface area contributed by atoms with Gasteiger partial charge in [-0.1, -0.05) is 0 Å². The number of amides is 1. The maximum absolute atomic E-state index is 13.0. The summed E-state index contributed by atoms with van der Waals surface area (Å²) in [5.74, 6) is -0.801. The third-order valence-corrected chi connectivity index (χ3v) is 6.40. The average molecular weight is 437 g/mol. The van der Waals surface area contributed by atoms with E-state index in [4.69, 9.17) is 4.74 Å². The van der Waals surface area contributed by atoms with E-state index >= 15 is 0 Å². The largest absolute Gasteiger partial charge is 0.394 e. The fourth-order valence-electron chi connectivity index (χ4n) is 3.31. The molecule has 2 heterocycles. The Bertz CT molecular complexity index is 941. The highest BCUT2D eigenvalue weighted by atomic mass is 32.2. The Kier molecular flexibility index (Phi) is 7.48. The monoisotopic (exact) mass is 437 g/mol. The Morgan fingerprint density at radius 1 is 1.23 bits per heavy atom. The van der Waals surface area contributed by atoms with Crippen LogP contribution in [0.2, 0.25) is 0 Å². The lowest BCUT2D eigenvalue weighted by Gasteiger charge is -2.36. The first-order valence-corrected chi connectivity index (χ1v) is 11.1. The fourth-order valence-corrected chi connectivity index (χ4v) is 4.36. The van der Waals surface area contributed by atoms with Crippen molar-refractivity contribution in [1.82, 2.24) is 15.0 Å². The average Bonchev–Trinajstić information content (AvgIpc) is 2.75. The van der Waals surface area contributed by atoms with E-state index < -0.39 is 21.9 Å². The van der Waals surface area contributed by atoms with Gasteiger partial charge in [0.15, 0.2) is 0 Å². The molecule has 1 aromatic heterocycles. The highest BCUT2D eigenvalue weighted by molar-refractivity contribution is 7.89. The zero-order chi connectivity index (χ0) is 21.6. The number of pyridine rings is 1. The molecule has 30 heavy (non-hydrogen) atoms. The fraction of sp³-hybridized carbons (Fsp3) is 0.400. The number of benzene rings is 1. The second-order valence-electron chi connectivity index (χ2n) is 7.02. The molecule has 0 saturated carbocycles. The van der Waals surface area contributed by atoms with E-state index in [-0.39, 0.29) is 36.1 Å². The quantitative estimate of drug-likeness (QED) is 0.572. The van der Waals surface area contributed by atoms with Crippen molar-refractivity contribution in [2.45, 2.75) is 42.4 Å². The number of aliphatic hydroxyl groups excluding tert-OH is 1. The van der Waals surface area contributed by atoms with Crippen LogP contribution in [0.15, 0.2) is 53.7 Å². The van der Waals surface area contributed by atoms with Crippen LogP contribution in [0.25, 0.3) is 0 Å². The molecule has 0 bridgehead atoms. The SMILES string of the molecule is O=C(N[C@@H]1CC[C@H](CCNS(=O)(=O)c2ccc(F)cc2)O[C@@H]1CO)c1cccnc1. The summed E-state index contributed by atoms with van der Waals surface area (Å²) in [5.41, 5.74) is 0.423. The molecule has 1 fully saturated rings. The van der Waals surface area contributed by atoms with Crippen LogP contribution >= 0.6 is 0 Å². The van der Waals surface area contributed by atoms with Gasteiger partial charge in [-0.3, -0.25) is 9.78 Å². The molecule has 1 aromatic carbocycles. The highest BCUT2D eigenvalue weighted by Crippen LogP contribution is 2.22. The number of aromatic nitrogens is 1. The van der Waals surface area contributed by atoms with E-state index in [0.717, 1.165) is 12.1 Å². The molecule has 1 amide bonds. The Hall–Kier alpha value is -2.40. The van der Waals surface area contributed by atoms with Gasteiger partial charge < -0.3 is 15.2 Å². The molecule has 0 spiro atoms. The Morgan fingerprint density at radius 2 is 2.00 bits per heavy atom. The van der Waals surface area contributed by atoms with Crippen molar-refractivity contribution in [2.75, 3.05) is 13.2 Å². The summed E-state index contributed by atoms with van der Waals surface area (Å²) < 4.78 is 45.8. The van der Waals surface area contributed by atoms with Crippen molar-refractivity contribution in [2.24, 2.45) is 0 Å². The van der Waals surface area contributed by atoms with Crippen molar-refractivity contribution in [3.8, 4) is 0 Å². The smallest absolute Gasteiger partial charge is 0.253 e. The molecule has 0 unspecified atom stereocenters. The molecule has 10 heteroatoms. The van der Waals surface area contributed by atoms with E-state index in [9.17, 15) is 22.7 Å². The molecule has 2 aromatic rings. The van der Waals surface area contributed by atoms with Crippen LogP contribution in [0.4, 0.5) is 4.39 Å². The Balaban J connectivity index is 1.49. The summed E-state index contributed by atoms with van der Waals surface area (Å²) in [4.78, 5) is 16.2. The molecule has 3 N–H and O–H groups in total. The lowest BCUT2D eigenvalue weighted by molar-refractivity contribution is -0.0891. The van der Waals surface area contributed by atoms with Crippen LogP contribution in [0.1, 0.15) is 29.6 Å². The number of rotatable bonds is 8. The van der Waals surface area contributed by atoms with Gasteiger partial charge in [-0.2, -0.15) is 0 Å². The Labute approximate surface area is 174 Å². The molecular weight excluding hydrogens is 413 g/mol. The number of ether oxygens (including phenoxy) is 1. The van der Waals surface area contributed by atoms with Gasteiger partial charge in [-0.15, -0.1) is 0 Å². The number of carbonyl (C=O) groups is 1. The number of halogens is 1. The van der Waals surface area contributed by atoms with E-state index in [1.165, 1.54) is 18.3 Å². The maximum Gasteiger partial charge on any atom is 0.253 e. The van der Waals surface area contributed by atoms with Crippen LogP contribution in [0.5, 0.6) is 0 Å². The van der Waals surface area contributed by atoms with Crippen LogP contribution in [-0.4, -0.2) is 55.8 Å². The van der Waals surface area contributed by atoms with Crippen molar-refractivity contribution in [3.63, 3.8) is 0 Å². The molecule has 0 aliphatic carbocycles. The van der Waals surface area contributed by atoms with Crippen LogP contribution < -0.4 is 10.0 Å². The van der Waals surface area contributed by atoms with Gasteiger partial charge in [-0.25, -0.2) is 17.5 Å². The first-order chi connectivity index (χ1) is 14.4. The number of nitrogens with one attached hydrogen (secondary N) is 2. The van der Waals surface area contributed by atoms with Gasteiger partial charge in [0.2, 0.25) is 10.0 Å². The lowest BCUT2D eigenvalue weighted by Crippen LogP contribution is -2.51. The second-order valence-corrected chi connectivity index (χ2v) is 8.79. The number of carbonyl (C=O) groups excluding carboxylic acids is 1. The first kappa shape index (κ1) is 22.3. The maximum atomic E-state index is 13.0. The highest BCUT2D eigenvalue weighted by Gasteiger charge is 2.32. The standard InChI is InChI=1S/C20H24FN3O5S/c21-15-3-6-17(7-4-15)30(27,28)23-11-9-16-5-8-18(19(13-25)29-16)24-20(26)14-2-1-10-22-12-14/h1-4,6-7,10,12,16,18-19,23,25H,5,8-9,11,13H2,(H,24,26)/t16-,18-,19-/m1/s1. The first-order valence-electron chi connectivity index (χ1n) is 9.61. The van der Waals surface area contributed by atoms with Crippen molar-refractivity contribution >= 4 is 15.9 Å². The minimum Gasteiger partial charge on any atom is -0.394 e. The molecule has 0 radical (unpaired) electrons. The second kappa shape index (κ2) is 10.1.